The Morgan fingerprint density at radius 3 is 1.12 bits per heavy atom. The fourth-order valence-electron chi connectivity index (χ4n) is 5.91. The van der Waals surface area contributed by atoms with Crippen LogP contribution in [0.15, 0.2) is 107 Å². The summed E-state index contributed by atoms with van der Waals surface area (Å²) >= 11 is 0. The fraction of sp³-hybridized carbons (Fsp3) is 0.0526. The third-order valence-corrected chi connectivity index (χ3v) is 10.4. The van der Waals surface area contributed by atoms with Crippen LogP contribution in [0.3, 0.4) is 0 Å². The summed E-state index contributed by atoms with van der Waals surface area (Å²) in [5.41, 5.74) is 1.30. The summed E-state index contributed by atoms with van der Waals surface area (Å²) in [6, 6.07) is 22.3. The second kappa shape index (κ2) is 14.8. The van der Waals surface area contributed by atoms with Gasteiger partial charge in [0.05, 0.1) is 11.4 Å². The average molecular weight is 799 g/mol. The van der Waals surface area contributed by atoms with Crippen LogP contribution in [0.5, 0.6) is 11.5 Å². The van der Waals surface area contributed by atoms with Crippen LogP contribution < -0.4 is 21.3 Å². The van der Waals surface area contributed by atoms with Crippen molar-refractivity contribution in [2.24, 2.45) is 0 Å². The van der Waals surface area contributed by atoms with Gasteiger partial charge in [-0.2, -0.15) is 16.8 Å². The number of aromatic hydroxyl groups is 2. The van der Waals surface area contributed by atoms with Gasteiger partial charge in [0.15, 0.2) is 0 Å². The number of carbonyl (C=O) groups is 4. The van der Waals surface area contributed by atoms with E-state index < -0.39 is 65.2 Å². The zero-order chi connectivity index (χ0) is 40.7. The van der Waals surface area contributed by atoms with Gasteiger partial charge in [-0.15, -0.1) is 0 Å². The van der Waals surface area contributed by atoms with Gasteiger partial charge in [0, 0.05) is 44.0 Å². The largest absolute Gasteiger partial charge is 0.506 e. The Balaban J connectivity index is 1.13. The van der Waals surface area contributed by atoms with Crippen molar-refractivity contribution in [1.82, 2.24) is 0 Å². The lowest BCUT2D eigenvalue weighted by molar-refractivity contribution is -0.133. The van der Waals surface area contributed by atoms with E-state index in [1.165, 1.54) is 72.8 Å². The van der Waals surface area contributed by atoms with Crippen LogP contribution in [-0.4, -0.2) is 59.8 Å². The third kappa shape index (κ3) is 7.84. The minimum Gasteiger partial charge on any atom is -0.506 e. The summed E-state index contributed by atoms with van der Waals surface area (Å²) in [5, 5.41) is 31.6. The molecule has 0 aliphatic rings. The minimum absolute atomic E-state index is 0.00749. The lowest BCUT2D eigenvalue weighted by Gasteiger charge is -2.14. The Hall–Kier alpha value is -6.86. The number of anilines is 4. The average Bonchev–Trinajstić information content (AvgIpc) is 3.14. The van der Waals surface area contributed by atoms with Crippen LogP contribution in [0.2, 0.25) is 0 Å². The van der Waals surface area contributed by atoms with Gasteiger partial charge in [0.2, 0.25) is 0 Å². The van der Waals surface area contributed by atoms with E-state index in [2.05, 4.69) is 21.3 Å². The highest BCUT2D eigenvalue weighted by Gasteiger charge is 2.24. The predicted molar refractivity (Wildman–Crippen MR) is 206 cm³/mol. The van der Waals surface area contributed by atoms with Gasteiger partial charge in [-0.3, -0.25) is 28.3 Å². The molecule has 8 N–H and O–H groups in total. The molecular weight excluding hydrogens is 769 g/mol. The number of hydrogen-bond acceptors (Lipinski definition) is 10. The molecule has 0 unspecified atom stereocenters. The monoisotopic (exact) mass is 798 g/mol. The van der Waals surface area contributed by atoms with E-state index in [0.717, 1.165) is 12.1 Å². The van der Waals surface area contributed by atoms with E-state index in [1.807, 2.05) is 0 Å². The molecule has 0 fully saturated rings. The third-order valence-electron chi connectivity index (χ3n) is 8.69. The summed E-state index contributed by atoms with van der Waals surface area (Å²) in [5.74, 6) is -4.86. The van der Waals surface area contributed by atoms with E-state index in [4.69, 9.17) is 0 Å². The summed E-state index contributed by atoms with van der Waals surface area (Å²) < 4.78 is 66.8. The van der Waals surface area contributed by atoms with Crippen molar-refractivity contribution in [3.63, 3.8) is 0 Å². The molecule has 286 valence electrons. The maximum Gasteiger partial charge on any atom is 0.314 e. The molecule has 0 spiro atoms. The molecule has 18 heteroatoms. The first kappa shape index (κ1) is 38.9. The maximum absolute atomic E-state index is 13.2. The maximum atomic E-state index is 13.2. The second-order valence-corrected chi connectivity index (χ2v) is 15.2. The van der Waals surface area contributed by atoms with Gasteiger partial charge in [0.25, 0.3) is 32.1 Å². The molecule has 56 heavy (non-hydrogen) atoms. The number of hydrogen-bond donors (Lipinski definition) is 8. The predicted octanol–water partition coefficient (Wildman–Crippen LogP) is 5.60. The summed E-state index contributed by atoms with van der Waals surface area (Å²) in [7, 11) is -9.70. The number of rotatable bonds is 8. The van der Waals surface area contributed by atoms with E-state index in [9.17, 15) is 55.3 Å². The van der Waals surface area contributed by atoms with Crippen molar-refractivity contribution in [2.75, 3.05) is 21.3 Å². The van der Waals surface area contributed by atoms with Gasteiger partial charge in [0.1, 0.15) is 21.3 Å². The van der Waals surface area contributed by atoms with Crippen molar-refractivity contribution in [1.29, 1.82) is 0 Å². The molecule has 0 saturated carbocycles. The fourth-order valence-corrected chi connectivity index (χ4v) is 7.15. The number of aryl methyl sites for hydroxylation is 2. The highest BCUT2D eigenvalue weighted by atomic mass is 32.2. The van der Waals surface area contributed by atoms with Crippen molar-refractivity contribution in [3.05, 3.63) is 119 Å². The minimum atomic E-state index is -4.85. The normalized spacial score (nSPS) is 11.6. The molecule has 6 rings (SSSR count). The topological polar surface area (TPSA) is 266 Å². The summed E-state index contributed by atoms with van der Waals surface area (Å²) in [6.45, 7) is 3.13. The summed E-state index contributed by atoms with van der Waals surface area (Å²) in [4.78, 5) is 50.6. The Morgan fingerprint density at radius 2 is 0.804 bits per heavy atom. The zero-order valence-electron chi connectivity index (χ0n) is 29.1. The molecule has 16 nitrogen and oxygen atoms in total. The molecule has 0 atom stereocenters. The number of benzene rings is 6. The molecule has 4 amide bonds. The number of phenolic OH excluding ortho intramolecular Hbond substituents is 2. The first-order chi connectivity index (χ1) is 26.3. The Bertz CT molecular complexity index is 2700. The van der Waals surface area contributed by atoms with Crippen LogP contribution in [0.1, 0.15) is 31.8 Å². The SMILES string of the molecule is Cc1cc(C(=O)Nc2cc(S(=O)(=O)O)c(O)c3ccccc23)ccc1NC(=O)C(=O)Nc1ccc(C(=O)Nc2cc(S(=O)(=O)O)c(O)c3ccccc23)cc1C. The van der Waals surface area contributed by atoms with E-state index in [0.29, 0.717) is 21.9 Å². The van der Waals surface area contributed by atoms with Crippen molar-refractivity contribution in [2.45, 2.75) is 23.6 Å². The van der Waals surface area contributed by atoms with Crippen LogP contribution in [0, 0.1) is 13.8 Å². The number of carbonyl (C=O) groups excluding carboxylic acids is 4. The molecule has 0 aliphatic carbocycles. The quantitative estimate of drug-likeness (QED) is 0.0532. The lowest BCUT2D eigenvalue weighted by atomic mass is 10.1. The van der Waals surface area contributed by atoms with E-state index >= 15 is 0 Å². The second-order valence-electron chi connectivity index (χ2n) is 12.5. The highest BCUT2D eigenvalue weighted by molar-refractivity contribution is 7.86. The van der Waals surface area contributed by atoms with Gasteiger partial charge < -0.3 is 31.5 Å². The first-order valence-electron chi connectivity index (χ1n) is 16.2. The van der Waals surface area contributed by atoms with Crippen molar-refractivity contribution >= 4 is 88.2 Å². The van der Waals surface area contributed by atoms with E-state index in [-0.39, 0.29) is 44.6 Å². The molecule has 0 heterocycles. The molecule has 0 aromatic heterocycles. The number of amides is 4. The zero-order valence-corrected chi connectivity index (χ0v) is 30.7. The van der Waals surface area contributed by atoms with Crippen molar-refractivity contribution in [3.8, 4) is 11.5 Å². The number of phenols is 2. The van der Waals surface area contributed by atoms with Gasteiger partial charge >= 0.3 is 11.8 Å². The van der Waals surface area contributed by atoms with Crippen molar-refractivity contribution < 1.29 is 55.3 Å². The first-order valence-corrected chi connectivity index (χ1v) is 19.1. The highest BCUT2D eigenvalue weighted by Crippen LogP contribution is 2.38. The van der Waals surface area contributed by atoms with Gasteiger partial charge in [-0.25, -0.2) is 0 Å². The molecular formula is C38H30N4O12S2. The smallest absolute Gasteiger partial charge is 0.314 e. The van der Waals surface area contributed by atoms with Gasteiger partial charge in [-0.05, 0) is 73.5 Å². The molecule has 6 aromatic carbocycles. The van der Waals surface area contributed by atoms with Gasteiger partial charge in [-0.1, -0.05) is 48.5 Å². The Morgan fingerprint density at radius 1 is 0.464 bits per heavy atom. The van der Waals surface area contributed by atoms with E-state index in [1.54, 1.807) is 26.0 Å². The number of nitrogens with one attached hydrogen (secondary N) is 4. The van der Waals surface area contributed by atoms with Crippen LogP contribution in [0.4, 0.5) is 22.7 Å². The number of fused-ring (bicyclic) bond motifs is 2. The molecule has 0 bridgehead atoms. The van der Waals surface area contributed by atoms with Crippen LogP contribution in [-0.2, 0) is 29.8 Å². The standard InChI is InChI=1S/C38H30N4O12S2/c1-19-15-21(35(45)41-29-17-31(55(49,50)51)33(43)25-9-5-3-7-23(25)29)11-13-27(19)39-37(47)38(48)40-28-14-12-22(16-20(28)2)36(46)42-30-18-32(56(52,53)54)34(44)26-10-6-4-8-24(26)30/h3-18,43-44H,1-2H3,(H,39,47)(H,40,48)(H,41,45)(H,42,46)(H,49,50,51)(H,52,53,54). The Labute approximate surface area is 318 Å². The molecule has 6 aromatic rings. The Kier molecular flexibility index (Phi) is 10.2. The molecule has 0 radical (unpaired) electrons. The molecule has 0 saturated heterocycles. The van der Waals surface area contributed by atoms with Crippen LogP contribution >= 0.6 is 0 Å². The van der Waals surface area contributed by atoms with Crippen LogP contribution in [0.25, 0.3) is 21.5 Å². The lowest BCUT2D eigenvalue weighted by Crippen LogP contribution is -2.29. The summed E-state index contributed by atoms with van der Waals surface area (Å²) in [6.07, 6.45) is 0. The molecule has 0 aliphatic heterocycles.